The highest BCUT2D eigenvalue weighted by Gasteiger charge is 2.31. The Bertz CT molecular complexity index is 535. The number of aromatic nitrogens is 1. The highest BCUT2D eigenvalue weighted by molar-refractivity contribution is 5.76. The number of amides is 2. The molecule has 0 spiro atoms. The van der Waals surface area contributed by atoms with E-state index in [2.05, 4.69) is 21.3 Å². The highest BCUT2D eigenvalue weighted by Crippen LogP contribution is 2.22. The zero-order valence-electron chi connectivity index (χ0n) is 11.2. The topological polar surface area (TPSA) is 72.3 Å². The molecule has 0 saturated carbocycles. The van der Waals surface area contributed by atoms with Gasteiger partial charge in [0.15, 0.2) is 0 Å². The number of urea groups is 1. The van der Waals surface area contributed by atoms with Gasteiger partial charge in [0.2, 0.25) is 0 Å². The fourth-order valence-electron chi connectivity index (χ4n) is 2.89. The number of anilines is 1. The molecular formula is C14H17N5O. The molecule has 0 aromatic carbocycles. The van der Waals surface area contributed by atoms with E-state index in [1.807, 2.05) is 11.0 Å². The second-order valence-electron chi connectivity index (χ2n) is 5.18. The van der Waals surface area contributed by atoms with E-state index in [1.54, 1.807) is 12.3 Å². The summed E-state index contributed by atoms with van der Waals surface area (Å²) in [6.45, 7) is 3.29. The Morgan fingerprint density at radius 3 is 2.95 bits per heavy atom. The molecule has 2 saturated heterocycles. The zero-order valence-corrected chi connectivity index (χ0v) is 11.2. The van der Waals surface area contributed by atoms with Crippen molar-refractivity contribution in [2.45, 2.75) is 18.9 Å². The third kappa shape index (κ3) is 2.39. The normalized spacial score (nSPS) is 22.6. The maximum absolute atomic E-state index is 11.7. The molecule has 6 nitrogen and oxygen atoms in total. The summed E-state index contributed by atoms with van der Waals surface area (Å²) >= 11 is 0. The van der Waals surface area contributed by atoms with E-state index in [1.165, 1.54) is 0 Å². The minimum Gasteiger partial charge on any atom is -0.355 e. The number of hydrogen-bond donors (Lipinski definition) is 1. The van der Waals surface area contributed by atoms with E-state index in [0.717, 1.165) is 44.8 Å². The van der Waals surface area contributed by atoms with Crippen molar-refractivity contribution in [2.24, 2.45) is 0 Å². The Morgan fingerprint density at radius 1 is 1.40 bits per heavy atom. The minimum absolute atomic E-state index is 0.0460. The largest absolute Gasteiger partial charge is 0.355 e. The Kier molecular flexibility index (Phi) is 3.42. The Morgan fingerprint density at radius 2 is 2.30 bits per heavy atom. The van der Waals surface area contributed by atoms with Crippen molar-refractivity contribution in [3.8, 4) is 6.07 Å². The van der Waals surface area contributed by atoms with Crippen LogP contribution in [0.3, 0.4) is 0 Å². The number of pyridine rings is 1. The Labute approximate surface area is 118 Å². The Hall–Kier alpha value is -2.29. The van der Waals surface area contributed by atoms with E-state index in [0.29, 0.717) is 5.56 Å². The van der Waals surface area contributed by atoms with Crippen molar-refractivity contribution in [1.82, 2.24) is 15.2 Å². The summed E-state index contributed by atoms with van der Waals surface area (Å²) in [5.41, 5.74) is 0.571. The molecular weight excluding hydrogens is 254 g/mol. The smallest absolute Gasteiger partial charge is 0.317 e. The van der Waals surface area contributed by atoms with Crippen LogP contribution in [-0.4, -0.2) is 48.1 Å². The average molecular weight is 271 g/mol. The number of nitrogens with one attached hydrogen (secondary N) is 1. The maximum atomic E-state index is 11.7. The molecule has 104 valence electrons. The number of nitrogens with zero attached hydrogens (tertiary/aromatic N) is 4. The van der Waals surface area contributed by atoms with Crippen LogP contribution >= 0.6 is 0 Å². The molecule has 0 bridgehead atoms. The number of hydrogen-bond acceptors (Lipinski definition) is 4. The summed E-state index contributed by atoms with van der Waals surface area (Å²) in [5, 5.41) is 11.7. The SMILES string of the molecule is N#Cc1ccc(N2CCCC(N3CCNC3=O)C2)nc1. The van der Waals surface area contributed by atoms with Crippen molar-refractivity contribution < 1.29 is 4.79 Å². The van der Waals surface area contributed by atoms with E-state index < -0.39 is 0 Å². The number of piperidine rings is 1. The van der Waals surface area contributed by atoms with Gasteiger partial charge in [0.05, 0.1) is 11.6 Å². The first-order valence-corrected chi connectivity index (χ1v) is 6.93. The molecule has 3 rings (SSSR count). The Balaban J connectivity index is 1.71. The van der Waals surface area contributed by atoms with Crippen LogP contribution in [0, 0.1) is 11.3 Å². The fraction of sp³-hybridized carbons (Fsp3) is 0.500. The van der Waals surface area contributed by atoms with E-state index in [9.17, 15) is 4.79 Å². The van der Waals surface area contributed by atoms with Gasteiger partial charge in [-0.25, -0.2) is 9.78 Å². The van der Waals surface area contributed by atoms with E-state index in [4.69, 9.17) is 5.26 Å². The van der Waals surface area contributed by atoms with Gasteiger partial charge in [-0.15, -0.1) is 0 Å². The quantitative estimate of drug-likeness (QED) is 0.869. The average Bonchev–Trinajstić information content (AvgIpc) is 2.94. The first-order valence-electron chi connectivity index (χ1n) is 6.93. The maximum Gasteiger partial charge on any atom is 0.317 e. The first-order chi connectivity index (χ1) is 9.78. The lowest BCUT2D eigenvalue weighted by molar-refractivity contribution is 0.189. The van der Waals surface area contributed by atoms with Gasteiger partial charge in [-0.2, -0.15) is 5.26 Å². The third-order valence-electron chi connectivity index (χ3n) is 3.93. The molecule has 2 amide bonds. The second kappa shape index (κ2) is 5.37. The molecule has 3 heterocycles. The van der Waals surface area contributed by atoms with Crippen LogP contribution in [0.1, 0.15) is 18.4 Å². The summed E-state index contributed by atoms with van der Waals surface area (Å²) in [5.74, 6) is 0.883. The van der Waals surface area contributed by atoms with Crippen LogP contribution in [0.5, 0.6) is 0 Å². The molecule has 1 atom stereocenters. The van der Waals surface area contributed by atoms with E-state index >= 15 is 0 Å². The van der Waals surface area contributed by atoms with Gasteiger partial charge < -0.3 is 15.1 Å². The number of rotatable bonds is 2. The molecule has 1 N–H and O–H groups in total. The standard InChI is InChI=1S/C14H17N5O/c15-8-11-3-4-13(17-9-11)18-6-1-2-12(10-18)19-7-5-16-14(19)20/h3-4,9,12H,1-2,5-7,10H2,(H,16,20). The molecule has 20 heavy (non-hydrogen) atoms. The summed E-state index contributed by atoms with van der Waals surface area (Å²) in [6.07, 6.45) is 3.69. The van der Waals surface area contributed by atoms with Crippen LogP contribution in [0.25, 0.3) is 0 Å². The monoisotopic (exact) mass is 271 g/mol. The van der Waals surface area contributed by atoms with Gasteiger partial charge in [0, 0.05) is 32.4 Å². The van der Waals surface area contributed by atoms with Crippen LogP contribution in [0.4, 0.5) is 10.6 Å². The molecule has 2 aliphatic rings. The first kappa shape index (κ1) is 12.7. The molecule has 0 aliphatic carbocycles. The van der Waals surface area contributed by atoms with Gasteiger partial charge in [-0.3, -0.25) is 0 Å². The number of carbonyl (C=O) groups is 1. The summed E-state index contributed by atoms with van der Waals surface area (Å²) in [7, 11) is 0. The predicted octanol–water partition coefficient (Wildman–Crippen LogP) is 0.947. The predicted molar refractivity (Wildman–Crippen MR) is 74.3 cm³/mol. The van der Waals surface area contributed by atoms with Crippen LogP contribution in [0.15, 0.2) is 18.3 Å². The van der Waals surface area contributed by atoms with Crippen LogP contribution in [0.2, 0.25) is 0 Å². The zero-order chi connectivity index (χ0) is 13.9. The molecule has 0 radical (unpaired) electrons. The molecule has 1 aromatic rings. The molecule has 1 unspecified atom stereocenters. The lowest BCUT2D eigenvalue weighted by Gasteiger charge is -2.37. The van der Waals surface area contributed by atoms with Crippen molar-refractivity contribution in [3.63, 3.8) is 0 Å². The number of nitriles is 1. The van der Waals surface area contributed by atoms with Crippen LogP contribution < -0.4 is 10.2 Å². The molecule has 2 fully saturated rings. The lowest BCUT2D eigenvalue weighted by Crippen LogP contribution is -2.49. The summed E-state index contributed by atoms with van der Waals surface area (Å²) in [6, 6.07) is 6.04. The van der Waals surface area contributed by atoms with Gasteiger partial charge in [0.25, 0.3) is 0 Å². The highest BCUT2D eigenvalue weighted by atomic mass is 16.2. The summed E-state index contributed by atoms with van der Waals surface area (Å²) in [4.78, 5) is 20.2. The van der Waals surface area contributed by atoms with E-state index in [-0.39, 0.29) is 12.1 Å². The lowest BCUT2D eigenvalue weighted by atomic mass is 10.0. The van der Waals surface area contributed by atoms with Gasteiger partial charge in [-0.05, 0) is 25.0 Å². The van der Waals surface area contributed by atoms with Crippen molar-refractivity contribution in [3.05, 3.63) is 23.9 Å². The second-order valence-corrected chi connectivity index (χ2v) is 5.18. The molecule has 1 aromatic heterocycles. The molecule has 6 heteroatoms. The number of carbonyl (C=O) groups excluding carboxylic acids is 1. The molecule has 2 aliphatic heterocycles. The fourth-order valence-corrected chi connectivity index (χ4v) is 2.89. The summed E-state index contributed by atoms with van der Waals surface area (Å²) < 4.78 is 0. The van der Waals surface area contributed by atoms with Crippen molar-refractivity contribution in [2.75, 3.05) is 31.1 Å². The van der Waals surface area contributed by atoms with Gasteiger partial charge in [0.1, 0.15) is 11.9 Å². The minimum atomic E-state index is 0.0460. The third-order valence-corrected chi connectivity index (χ3v) is 3.93. The van der Waals surface area contributed by atoms with Gasteiger partial charge >= 0.3 is 6.03 Å². The van der Waals surface area contributed by atoms with Crippen molar-refractivity contribution in [1.29, 1.82) is 5.26 Å². The van der Waals surface area contributed by atoms with Crippen LogP contribution in [-0.2, 0) is 0 Å². The van der Waals surface area contributed by atoms with Gasteiger partial charge in [-0.1, -0.05) is 0 Å². The van der Waals surface area contributed by atoms with Crippen molar-refractivity contribution >= 4 is 11.8 Å².